The molecule has 1 fully saturated rings. The molecule has 0 spiro atoms. The fraction of sp³-hybridized carbons (Fsp3) is 0.692. The predicted octanol–water partition coefficient (Wildman–Crippen LogP) is 0.474. The number of nitrogens with zero attached hydrogens (tertiary/aromatic N) is 2. The summed E-state index contributed by atoms with van der Waals surface area (Å²) < 4.78 is 0. The van der Waals surface area contributed by atoms with Gasteiger partial charge in [0.15, 0.2) is 5.78 Å². The predicted molar refractivity (Wildman–Crippen MR) is 75.1 cm³/mol. The number of piperidine rings is 1. The number of nitrogens with one attached hydrogen (secondary N) is 2. The Morgan fingerprint density at radius 2 is 2.11 bits per heavy atom. The number of hydrogen-bond acceptors (Lipinski definition) is 4. The van der Waals surface area contributed by atoms with E-state index >= 15 is 0 Å². The van der Waals surface area contributed by atoms with Crippen LogP contribution < -0.4 is 16.6 Å². The van der Waals surface area contributed by atoms with Gasteiger partial charge in [0, 0.05) is 31.1 Å². The standard InChI is InChI=1S/C13H23N5O/c1-13(2)9-10(19)8-11(16-13)15-12(17-14)18-6-4-3-5-7-18/h8,16H,3-7,9,14H2,1-2H3,(H,15,17). The first-order chi connectivity index (χ1) is 9.00. The number of carbonyl (C=O) groups excluding carboxylic acids is 1. The number of rotatable bonds is 1. The van der Waals surface area contributed by atoms with Gasteiger partial charge in [-0.05, 0) is 33.1 Å². The second kappa shape index (κ2) is 5.61. The summed E-state index contributed by atoms with van der Waals surface area (Å²) in [6.07, 6.45) is 5.59. The lowest BCUT2D eigenvalue weighted by Crippen LogP contribution is -2.48. The second-order valence-electron chi connectivity index (χ2n) is 5.81. The molecule has 2 heterocycles. The van der Waals surface area contributed by atoms with Crippen LogP contribution in [0.2, 0.25) is 0 Å². The number of ketones is 1. The van der Waals surface area contributed by atoms with Gasteiger partial charge in [-0.3, -0.25) is 10.2 Å². The van der Waals surface area contributed by atoms with Crippen LogP contribution in [0.1, 0.15) is 39.5 Å². The number of guanidine groups is 1. The van der Waals surface area contributed by atoms with Crippen LogP contribution in [-0.4, -0.2) is 35.3 Å². The third kappa shape index (κ3) is 3.70. The molecule has 0 aliphatic carbocycles. The number of likely N-dealkylation sites (tertiary alicyclic amines) is 1. The lowest BCUT2D eigenvalue weighted by molar-refractivity contribution is -0.116. The maximum atomic E-state index is 11.7. The molecule has 0 unspecified atom stereocenters. The van der Waals surface area contributed by atoms with Gasteiger partial charge in [0.25, 0.3) is 0 Å². The lowest BCUT2D eigenvalue weighted by Gasteiger charge is -2.32. The van der Waals surface area contributed by atoms with Crippen molar-refractivity contribution in [2.24, 2.45) is 10.8 Å². The molecule has 1 saturated heterocycles. The van der Waals surface area contributed by atoms with Crippen molar-refractivity contribution in [2.45, 2.75) is 45.1 Å². The number of aliphatic imine (C=N–C) groups is 1. The van der Waals surface area contributed by atoms with Crippen molar-refractivity contribution in [2.75, 3.05) is 13.1 Å². The Morgan fingerprint density at radius 1 is 1.42 bits per heavy atom. The fourth-order valence-electron chi connectivity index (χ4n) is 2.54. The summed E-state index contributed by atoms with van der Waals surface area (Å²) in [5, 5.41) is 3.26. The highest BCUT2D eigenvalue weighted by atomic mass is 16.1. The van der Waals surface area contributed by atoms with Crippen LogP contribution in [0.15, 0.2) is 16.9 Å². The first-order valence-corrected chi connectivity index (χ1v) is 6.83. The van der Waals surface area contributed by atoms with Crippen LogP contribution in [0.5, 0.6) is 0 Å². The van der Waals surface area contributed by atoms with Gasteiger partial charge in [-0.1, -0.05) is 0 Å². The molecule has 4 N–H and O–H groups in total. The highest BCUT2D eigenvalue weighted by Gasteiger charge is 2.27. The van der Waals surface area contributed by atoms with E-state index in [1.54, 1.807) is 6.08 Å². The molecule has 0 bridgehead atoms. The monoisotopic (exact) mass is 265 g/mol. The van der Waals surface area contributed by atoms with Gasteiger partial charge in [0.05, 0.1) is 0 Å². The molecule has 0 atom stereocenters. The van der Waals surface area contributed by atoms with E-state index in [1.807, 2.05) is 13.8 Å². The number of hydrazine groups is 1. The molecule has 0 aromatic carbocycles. The number of carbonyl (C=O) groups is 1. The molecule has 0 amide bonds. The van der Waals surface area contributed by atoms with Gasteiger partial charge in [0.1, 0.15) is 5.82 Å². The third-order valence-corrected chi connectivity index (χ3v) is 3.39. The topological polar surface area (TPSA) is 82.8 Å². The first kappa shape index (κ1) is 13.9. The molecule has 0 saturated carbocycles. The molecule has 106 valence electrons. The van der Waals surface area contributed by atoms with Gasteiger partial charge < -0.3 is 10.2 Å². The minimum absolute atomic E-state index is 0.0949. The molecule has 2 aliphatic heterocycles. The Kier molecular flexibility index (Phi) is 4.09. The van der Waals surface area contributed by atoms with Crippen molar-refractivity contribution >= 4 is 11.7 Å². The van der Waals surface area contributed by atoms with Gasteiger partial charge in [-0.15, -0.1) is 0 Å². The van der Waals surface area contributed by atoms with Gasteiger partial charge in [-0.25, -0.2) is 5.84 Å². The minimum Gasteiger partial charge on any atom is -0.365 e. The van der Waals surface area contributed by atoms with Crippen molar-refractivity contribution < 1.29 is 4.79 Å². The smallest absolute Gasteiger partial charge is 0.215 e. The second-order valence-corrected chi connectivity index (χ2v) is 5.81. The highest BCUT2D eigenvalue weighted by Crippen LogP contribution is 2.18. The van der Waals surface area contributed by atoms with Crippen molar-refractivity contribution in [1.29, 1.82) is 0 Å². The Balaban J connectivity index is 2.15. The molecule has 2 aliphatic rings. The van der Waals surface area contributed by atoms with E-state index < -0.39 is 0 Å². The van der Waals surface area contributed by atoms with Crippen molar-refractivity contribution in [1.82, 2.24) is 15.6 Å². The molecule has 0 radical (unpaired) electrons. The Morgan fingerprint density at radius 3 is 2.68 bits per heavy atom. The van der Waals surface area contributed by atoms with E-state index in [1.165, 1.54) is 6.42 Å². The molecule has 19 heavy (non-hydrogen) atoms. The minimum atomic E-state index is -0.258. The molecule has 6 nitrogen and oxygen atoms in total. The van der Waals surface area contributed by atoms with Gasteiger partial charge >= 0.3 is 0 Å². The summed E-state index contributed by atoms with van der Waals surface area (Å²) in [4.78, 5) is 18.3. The van der Waals surface area contributed by atoms with Crippen LogP contribution >= 0.6 is 0 Å². The Hall–Kier alpha value is -1.56. The van der Waals surface area contributed by atoms with Crippen LogP contribution in [0.25, 0.3) is 0 Å². The molecular weight excluding hydrogens is 242 g/mol. The fourth-order valence-corrected chi connectivity index (χ4v) is 2.54. The van der Waals surface area contributed by atoms with E-state index in [-0.39, 0.29) is 11.3 Å². The highest BCUT2D eigenvalue weighted by molar-refractivity contribution is 5.92. The maximum Gasteiger partial charge on any atom is 0.215 e. The van der Waals surface area contributed by atoms with E-state index in [0.29, 0.717) is 18.2 Å². The summed E-state index contributed by atoms with van der Waals surface area (Å²) in [5.41, 5.74) is 2.39. The summed E-state index contributed by atoms with van der Waals surface area (Å²) >= 11 is 0. The largest absolute Gasteiger partial charge is 0.365 e. The zero-order valence-corrected chi connectivity index (χ0v) is 11.7. The Bertz CT molecular complexity index is 407. The summed E-state index contributed by atoms with van der Waals surface area (Å²) in [6, 6.07) is 0. The molecule has 2 rings (SSSR count). The molecular formula is C13H23N5O. The lowest BCUT2D eigenvalue weighted by atomic mass is 9.95. The van der Waals surface area contributed by atoms with Crippen LogP contribution in [0.4, 0.5) is 0 Å². The van der Waals surface area contributed by atoms with Crippen LogP contribution in [-0.2, 0) is 4.79 Å². The molecule has 0 aromatic heterocycles. The maximum absolute atomic E-state index is 11.7. The zero-order valence-electron chi connectivity index (χ0n) is 11.7. The first-order valence-electron chi connectivity index (χ1n) is 6.83. The van der Waals surface area contributed by atoms with Crippen molar-refractivity contribution in [3.63, 3.8) is 0 Å². The van der Waals surface area contributed by atoms with E-state index in [2.05, 4.69) is 20.6 Å². The molecule has 6 heteroatoms. The van der Waals surface area contributed by atoms with Gasteiger partial charge in [0.2, 0.25) is 5.96 Å². The number of nitrogens with two attached hydrogens (primary N) is 1. The summed E-state index contributed by atoms with van der Waals surface area (Å²) in [5.74, 6) is 6.87. The summed E-state index contributed by atoms with van der Waals surface area (Å²) in [6.45, 7) is 5.88. The van der Waals surface area contributed by atoms with Crippen LogP contribution in [0, 0.1) is 0 Å². The van der Waals surface area contributed by atoms with E-state index in [4.69, 9.17) is 5.84 Å². The number of allylic oxidation sites excluding steroid dienone is 1. The van der Waals surface area contributed by atoms with Crippen molar-refractivity contribution in [3.8, 4) is 0 Å². The van der Waals surface area contributed by atoms with Crippen molar-refractivity contribution in [3.05, 3.63) is 11.9 Å². The SMILES string of the molecule is CC1(C)CC(=O)C=C(N=C(NN)N2CCCCC2)N1. The van der Waals surface area contributed by atoms with Crippen LogP contribution in [0.3, 0.4) is 0 Å². The Labute approximate surface area is 114 Å². The van der Waals surface area contributed by atoms with Gasteiger partial charge in [-0.2, -0.15) is 4.99 Å². The number of hydrogen-bond donors (Lipinski definition) is 3. The average Bonchev–Trinajstić information content (AvgIpc) is 2.34. The van der Waals surface area contributed by atoms with E-state index in [9.17, 15) is 4.79 Å². The third-order valence-electron chi connectivity index (χ3n) is 3.39. The summed E-state index contributed by atoms with van der Waals surface area (Å²) in [7, 11) is 0. The normalized spacial score (nSPS) is 23.7. The molecule has 0 aromatic rings. The quantitative estimate of drug-likeness (QED) is 0.278. The van der Waals surface area contributed by atoms with E-state index in [0.717, 1.165) is 25.9 Å². The average molecular weight is 265 g/mol. The zero-order chi connectivity index (χ0) is 13.9.